The molecule has 0 atom stereocenters. The predicted octanol–water partition coefficient (Wildman–Crippen LogP) is 8.79. The molecule has 0 amide bonds. The number of halogens is 1. The van der Waals surface area contributed by atoms with Gasteiger partial charge in [-0.05, 0) is 0 Å². The van der Waals surface area contributed by atoms with Gasteiger partial charge in [0, 0.05) is 0 Å². The van der Waals surface area contributed by atoms with Crippen LogP contribution < -0.4 is 47.7 Å². The molecule has 0 N–H and O–H groups in total. The topological polar surface area (TPSA) is 0 Å². The summed E-state index contributed by atoms with van der Waals surface area (Å²) >= 11 is 0. The van der Waals surface area contributed by atoms with Crippen molar-refractivity contribution in [3.8, 4) is 0 Å². The second-order valence-corrected chi connectivity index (χ2v) is 25.2. The van der Waals surface area contributed by atoms with Crippen LogP contribution in [-0.4, -0.2) is 4.78 Å². The van der Waals surface area contributed by atoms with Gasteiger partial charge < -0.3 is 0 Å². The summed E-state index contributed by atoms with van der Waals surface area (Å²) in [5.74, 6) is 0. The Labute approximate surface area is 313 Å². The van der Waals surface area contributed by atoms with Crippen molar-refractivity contribution in [2.45, 2.75) is 0 Å². The summed E-state index contributed by atoms with van der Waals surface area (Å²) < 4.78 is 23.4. The van der Waals surface area contributed by atoms with Gasteiger partial charge in [0.1, 0.15) is 0 Å². The molecule has 0 bridgehead atoms. The molecule has 0 saturated heterocycles. The van der Waals surface area contributed by atoms with Gasteiger partial charge in [0.05, 0.1) is 0 Å². The molecule has 4 heteroatoms. The predicted molar refractivity (Wildman–Crippen MR) is 235 cm³/mol. The molecular weight excluding hydrogens is 700 g/mol. The Morgan fingerprint density at radius 3 is 1.02 bits per heavy atom. The Bertz CT molecular complexity index is 2380. The van der Waals surface area contributed by atoms with E-state index >= 15 is 4.20 Å². The van der Waals surface area contributed by atoms with Gasteiger partial charge >= 0.3 is 314 Å². The standard InChI is InChI=1S/C49H39FP3/c50-53(45-34-18-6-19-35-45,46-36-20-7-21-37-46)48-39-23-22-38-47(48)52(43-30-14-4-15-31-43,44-32-16-5-17-33-44)49(53)51(40-24-8-1-9-25-40,41-26-10-2-11-27-41)42-28-12-3-13-29-42/h1-39H/q+1. The van der Waals surface area contributed by atoms with Crippen LogP contribution in [0.25, 0.3) is 0 Å². The molecule has 256 valence electrons. The third-order valence-electron chi connectivity index (χ3n) is 10.9. The molecule has 0 nitrogen and oxygen atoms in total. The van der Waals surface area contributed by atoms with E-state index in [1.807, 2.05) is 36.4 Å². The quantitative estimate of drug-likeness (QED) is 0.144. The summed E-state index contributed by atoms with van der Waals surface area (Å²) in [6.07, 6.45) is 0. The third-order valence-corrected chi connectivity index (χ3v) is 29.2. The molecule has 1 aliphatic rings. The summed E-state index contributed by atoms with van der Waals surface area (Å²) in [4.78, 5) is 0. The number of hydrogen-bond donors (Lipinski definition) is 0. The molecular formula is C49H39FP3+. The molecule has 0 aliphatic carbocycles. The van der Waals surface area contributed by atoms with Crippen LogP contribution in [0.15, 0.2) is 237 Å². The van der Waals surface area contributed by atoms with Crippen LogP contribution in [0.5, 0.6) is 0 Å². The average molecular weight is 740 g/mol. The van der Waals surface area contributed by atoms with Crippen LogP contribution in [-0.2, 0) is 0 Å². The number of benzene rings is 8. The summed E-state index contributed by atoms with van der Waals surface area (Å²) in [5, 5.41) is 9.18. The van der Waals surface area contributed by atoms with Crippen LogP contribution in [0.4, 0.5) is 4.20 Å². The van der Waals surface area contributed by atoms with Crippen LogP contribution in [0.3, 0.4) is 0 Å². The SMILES string of the molecule is FP1(c2ccccc2)(c2ccccc2)C(=P(c2ccccc2)(c2ccccc2)c2ccccc2)[P+](c2ccccc2)(c2ccccc2)c2ccccc21. The van der Waals surface area contributed by atoms with E-state index in [1.165, 1.54) is 0 Å². The third kappa shape index (κ3) is 4.68. The van der Waals surface area contributed by atoms with Crippen LogP contribution >= 0.6 is 21.1 Å². The first-order chi connectivity index (χ1) is 26.2. The van der Waals surface area contributed by atoms with Crippen molar-refractivity contribution < 1.29 is 4.20 Å². The van der Waals surface area contributed by atoms with Gasteiger partial charge in [-0.15, -0.1) is 0 Å². The minimum absolute atomic E-state index is 0.744. The maximum absolute atomic E-state index is 22.4. The normalized spacial score (nSPS) is 16.2. The zero-order valence-corrected chi connectivity index (χ0v) is 31.9. The van der Waals surface area contributed by atoms with Gasteiger partial charge in [0.15, 0.2) is 0 Å². The van der Waals surface area contributed by atoms with E-state index in [9.17, 15) is 0 Å². The van der Waals surface area contributed by atoms with Crippen LogP contribution in [0, 0.1) is 0 Å². The molecule has 1 heterocycles. The van der Waals surface area contributed by atoms with E-state index in [0.29, 0.717) is 0 Å². The Morgan fingerprint density at radius 1 is 0.340 bits per heavy atom. The van der Waals surface area contributed by atoms with Crippen molar-refractivity contribution >= 4 is 73.6 Å². The molecule has 0 radical (unpaired) electrons. The van der Waals surface area contributed by atoms with Gasteiger partial charge in [-0.1, -0.05) is 0 Å². The first kappa shape index (κ1) is 33.7. The van der Waals surface area contributed by atoms with E-state index in [4.69, 9.17) is 0 Å². The Kier molecular flexibility index (Phi) is 8.49. The van der Waals surface area contributed by atoms with Gasteiger partial charge in [-0.25, -0.2) is 0 Å². The van der Waals surface area contributed by atoms with Crippen LogP contribution in [0.2, 0.25) is 0 Å². The van der Waals surface area contributed by atoms with Gasteiger partial charge in [0.2, 0.25) is 0 Å². The molecule has 0 saturated carbocycles. The summed E-state index contributed by atoms with van der Waals surface area (Å²) in [6, 6.07) is 83.6. The van der Waals surface area contributed by atoms with Crippen molar-refractivity contribution in [1.82, 2.24) is 0 Å². The number of rotatable bonds is 7. The fourth-order valence-electron chi connectivity index (χ4n) is 8.89. The van der Waals surface area contributed by atoms with Crippen molar-refractivity contribution in [2.24, 2.45) is 0 Å². The van der Waals surface area contributed by atoms with E-state index in [1.54, 1.807) is 0 Å². The fourth-order valence-corrected chi connectivity index (χ4v) is 33.2. The Hall–Kier alpha value is -5.15. The molecule has 0 spiro atoms. The van der Waals surface area contributed by atoms with Gasteiger partial charge in [0.25, 0.3) is 0 Å². The number of hydrogen-bond acceptors (Lipinski definition) is 0. The summed E-state index contributed by atoms with van der Waals surface area (Å²) in [5.41, 5.74) is 0. The zero-order valence-electron chi connectivity index (χ0n) is 29.2. The molecule has 8 aromatic rings. The minimum atomic E-state index is -5.17. The first-order valence-electron chi connectivity index (χ1n) is 18.1. The van der Waals surface area contributed by atoms with E-state index in [2.05, 4.69) is 200 Å². The molecule has 8 aromatic carbocycles. The first-order valence-corrected chi connectivity index (χ1v) is 23.8. The summed E-state index contributed by atoms with van der Waals surface area (Å²) in [6.45, 7) is -8.27. The van der Waals surface area contributed by atoms with Crippen molar-refractivity contribution in [3.63, 3.8) is 0 Å². The second kappa shape index (κ2) is 13.4. The van der Waals surface area contributed by atoms with E-state index < -0.39 is 21.1 Å². The van der Waals surface area contributed by atoms with E-state index in [-0.39, 0.29) is 0 Å². The monoisotopic (exact) mass is 739 g/mol. The number of fused-ring (bicyclic) bond motifs is 1. The van der Waals surface area contributed by atoms with E-state index in [0.717, 1.165) is 52.5 Å². The van der Waals surface area contributed by atoms with Crippen molar-refractivity contribution in [3.05, 3.63) is 237 Å². The van der Waals surface area contributed by atoms with Crippen molar-refractivity contribution in [1.29, 1.82) is 0 Å². The summed E-state index contributed by atoms with van der Waals surface area (Å²) in [7, 11) is -3.04. The zero-order chi connectivity index (χ0) is 35.8. The molecule has 0 aromatic heterocycles. The Balaban J connectivity index is 1.76. The molecule has 9 rings (SSSR count). The van der Waals surface area contributed by atoms with Crippen LogP contribution in [0.1, 0.15) is 0 Å². The Morgan fingerprint density at radius 2 is 0.642 bits per heavy atom. The molecule has 1 aliphatic heterocycles. The average Bonchev–Trinajstić information content (AvgIpc) is 3.48. The molecule has 0 unspecified atom stereocenters. The maximum atomic E-state index is 22.4. The molecule has 0 fully saturated rings. The van der Waals surface area contributed by atoms with Gasteiger partial charge in [-0.3, -0.25) is 0 Å². The fraction of sp³-hybridized carbons (Fsp3) is 0. The molecule has 53 heavy (non-hydrogen) atoms. The second-order valence-electron chi connectivity index (χ2n) is 13.5. The van der Waals surface area contributed by atoms with Gasteiger partial charge in [-0.2, -0.15) is 0 Å². The van der Waals surface area contributed by atoms with Crippen molar-refractivity contribution in [2.75, 3.05) is 0 Å².